The Kier molecular flexibility index (Phi) is 2.79. The molecular weight excluding hydrogens is 248 g/mol. The molecular formula is C17H20N2O. The van der Waals surface area contributed by atoms with Gasteiger partial charge in [0.05, 0.1) is 0 Å². The fraction of sp³-hybridized carbons (Fsp3) is 0.471. The molecule has 1 aromatic carbocycles. The van der Waals surface area contributed by atoms with Crippen molar-refractivity contribution in [2.24, 2.45) is 17.8 Å². The number of benzene rings is 1. The van der Waals surface area contributed by atoms with E-state index in [4.69, 9.17) is 0 Å². The van der Waals surface area contributed by atoms with E-state index in [1.165, 1.54) is 25.7 Å². The van der Waals surface area contributed by atoms with Gasteiger partial charge in [-0.15, -0.1) is 0 Å². The van der Waals surface area contributed by atoms with Crippen LogP contribution in [0.1, 0.15) is 36.0 Å². The summed E-state index contributed by atoms with van der Waals surface area (Å²) >= 11 is 0. The Hall–Kier alpha value is -1.77. The van der Waals surface area contributed by atoms with Crippen LogP contribution in [0.15, 0.2) is 30.5 Å². The maximum absolute atomic E-state index is 12.3. The molecule has 2 aliphatic carbocycles. The molecule has 1 heterocycles. The second-order valence-corrected chi connectivity index (χ2v) is 6.33. The van der Waals surface area contributed by atoms with Crippen LogP contribution in [0.2, 0.25) is 0 Å². The number of aromatic amines is 1. The van der Waals surface area contributed by atoms with Gasteiger partial charge in [-0.2, -0.15) is 0 Å². The molecule has 2 aliphatic rings. The summed E-state index contributed by atoms with van der Waals surface area (Å²) in [6.07, 6.45) is 7.37. The number of aromatic nitrogens is 1. The largest absolute Gasteiger partial charge is 0.361 e. The van der Waals surface area contributed by atoms with Gasteiger partial charge in [0.15, 0.2) is 0 Å². The Morgan fingerprint density at radius 3 is 2.65 bits per heavy atom. The highest BCUT2D eigenvalue weighted by atomic mass is 16.1. The molecule has 104 valence electrons. The first kappa shape index (κ1) is 12.0. The van der Waals surface area contributed by atoms with Crippen molar-refractivity contribution in [2.45, 2.75) is 25.7 Å². The van der Waals surface area contributed by atoms with Gasteiger partial charge in [0.1, 0.15) is 0 Å². The standard InChI is InChI=1S/C17H20N2O/c20-17(14-6-5-13-7-8-18-16(13)9-14)19-10-15(11-1-2-11)12-3-4-12/h5-9,11-12,15,18H,1-4,10H2,(H,19,20). The molecule has 0 saturated heterocycles. The maximum Gasteiger partial charge on any atom is 0.251 e. The average Bonchev–Trinajstić information content (AvgIpc) is 3.38. The maximum atomic E-state index is 12.3. The van der Waals surface area contributed by atoms with Gasteiger partial charge >= 0.3 is 0 Å². The van der Waals surface area contributed by atoms with Crippen LogP contribution in [0.4, 0.5) is 0 Å². The Morgan fingerprint density at radius 2 is 1.95 bits per heavy atom. The lowest BCUT2D eigenvalue weighted by Gasteiger charge is -2.16. The highest BCUT2D eigenvalue weighted by Crippen LogP contribution is 2.48. The van der Waals surface area contributed by atoms with Crippen molar-refractivity contribution in [3.63, 3.8) is 0 Å². The van der Waals surface area contributed by atoms with Crippen LogP contribution in [0.25, 0.3) is 10.9 Å². The summed E-state index contributed by atoms with van der Waals surface area (Å²) in [4.78, 5) is 15.4. The van der Waals surface area contributed by atoms with Gasteiger partial charge in [0, 0.05) is 23.8 Å². The number of amides is 1. The third-order valence-corrected chi connectivity index (χ3v) is 4.77. The van der Waals surface area contributed by atoms with Gasteiger partial charge in [-0.25, -0.2) is 0 Å². The second kappa shape index (κ2) is 4.65. The molecule has 1 aromatic heterocycles. The van der Waals surface area contributed by atoms with Gasteiger partial charge < -0.3 is 10.3 Å². The number of carbonyl (C=O) groups excluding carboxylic acids is 1. The molecule has 0 radical (unpaired) electrons. The normalized spacial score (nSPS) is 18.6. The van der Waals surface area contributed by atoms with Gasteiger partial charge in [0.2, 0.25) is 0 Å². The minimum Gasteiger partial charge on any atom is -0.361 e. The highest BCUT2D eigenvalue weighted by molar-refractivity contribution is 5.97. The van der Waals surface area contributed by atoms with Gasteiger partial charge in [-0.1, -0.05) is 6.07 Å². The third kappa shape index (κ3) is 2.33. The molecule has 0 atom stereocenters. The van der Waals surface area contributed by atoms with E-state index in [2.05, 4.69) is 10.3 Å². The molecule has 20 heavy (non-hydrogen) atoms. The Bertz CT molecular complexity index is 625. The van der Waals surface area contributed by atoms with Crippen LogP contribution in [0, 0.1) is 17.8 Å². The molecule has 2 aromatic rings. The number of hydrogen-bond acceptors (Lipinski definition) is 1. The summed E-state index contributed by atoms with van der Waals surface area (Å²) < 4.78 is 0. The average molecular weight is 268 g/mol. The van der Waals surface area contributed by atoms with Crippen LogP contribution < -0.4 is 5.32 Å². The molecule has 3 heteroatoms. The molecule has 2 fully saturated rings. The first-order valence-corrected chi connectivity index (χ1v) is 7.66. The Balaban J connectivity index is 1.43. The fourth-order valence-electron chi connectivity index (χ4n) is 3.27. The number of carbonyl (C=O) groups is 1. The van der Waals surface area contributed by atoms with E-state index in [1.54, 1.807) is 0 Å². The third-order valence-electron chi connectivity index (χ3n) is 4.77. The van der Waals surface area contributed by atoms with Crippen molar-refractivity contribution in [3.8, 4) is 0 Å². The molecule has 4 rings (SSSR count). The molecule has 1 amide bonds. The van der Waals surface area contributed by atoms with E-state index in [-0.39, 0.29) is 5.91 Å². The van der Waals surface area contributed by atoms with Crippen LogP contribution >= 0.6 is 0 Å². The lowest BCUT2D eigenvalue weighted by Crippen LogP contribution is -2.31. The lowest BCUT2D eigenvalue weighted by atomic mass is 9.98. The summed E-state index contributed by atoms with van der Waals surface area (Å²) in [5.41, 5.74) is 1.78. The van der Waals surface area contributed by atoms with Crippen LogP contribution in [0.5, 0.6) is 0 Å². The minimum absolute atomic E-state index is 0.0628. The topological polar surface area (TPSA) is 44.9 Å². The van der Waals surface area contributed by atoms with Crippen molar-refractivity contribution >= 4 is 16.8 Å². The monoisotopic (exact) mass is 268 g/mol. The molecule has 0 spiro atoms. The van der Waals surface area contributed by atoms with Crippen LogP contribution in [-0.4, -0.2) is 17.4 Å². The van der Waals surface area contributed by atoms with Crippen LogP contribution in [0.3, 0.4) is 0 Å². The van der Waals surface area contributed by atoms with Crippen molar-refractivity contribution < 1.29 is 4.79 Å². The molecule has 0 unspecified atom stereocenters. The summed E-state index contributed by atoms with van der Waals surface area (Å²) in [6, 6.07) is 7.87. The number of fused-ring (bicyclic) bond motifs is 1. The molecule has 3 nitrogen and oxygen atoms in total. The smallest absolute Gasteiger partial charge is 0.251 e. The summed E-state index contributed by atoms with van der Waals surface area (Å²) in [6.45, 7) is 0.858. The summed E-state index contributed by atoms with van der Waals surface area (Å²) in [5.74, 6) is 2.56. The van der Waals surface area contributed by atoms with E-state index >= 15 is 0 Å². The fourth-order valence-corrected chi connectivity index (χ4v) is 3.27. The summed E-state index contributed by atoms with van der Waals surface area (Å²) in [5, 5.41) is 4.29. The quantitative estimate of drug-likeness (QED) is 0.858. The zero-order chi connectivity index (χ0) is 13.5. The highest BCUT2D eigenvalue weighted by Gasteiger charge is 2.41. The predicted molar refractivity (Wildman–Crippen MR) is 79.6 cm³/mol. The minimum atomic E-state index is 0.0628. The van der Waals surface area contributed by atoms with E-state index in [0.717, 1.165) is 40.8 Å². The van der Waals surface area contributed by atoms with Crippen molar-refractivity contribution in [1.82, 2.24) is 10.3 Å². The van der Waals surface area contributed by atoms with Gasteiger partial charge in [-0.3, -0.25) is 4.79 Å². The van der Waals surface area contributed by atoms with Crippen molar-refractivity contribution in [3.05, 3.63) is 36.0 Å². The second-order valence-electron chi connectivity index (χ2n) is 6.33. The van der Waals surface area contributed by atoms with E-state index in [0.29, 0.717) is 0 Å². The first-order chi connectivity index (χ1) is 9.81. The lowest BCUT2D eigenvalue weighted by molar-refractivity contribution is 0.0943. The van der Waals surface area contributed by atoms with Crippen molar-refractivity contribution in [2.75, 3.05) is 6.54 Å². The zero-order valence-corrected chi connectivity index (χ0v) is 11.6. The number of hydrogen-bond donors (Lipinski definition) is 2. The Morgan fingerprint density at radius 1 is 1.20 bits per heavy atom. The van der Waals surface area contributed by atoms with Gasteiger partial charge in [0.25, 0.3) is 5.91 Å². The SMILES string of the molecule is O=C(NCC(C1CC1)C1CC1)c1ccc2cc[nH]c2c1. The number of rotatable bonds is 5. The van der Waals surface area contributed by atoms with Crippen LogP contribution in [-0.2, 0) is 0 Å². The number of H-pyrrole nitrogens is 1. The molecule has 0 aliphatic heterocycles. The van der Waals surface area contributed by atoms with E-state index in [1.807, 2.05) is 30.5 Å². The first-order valence-electron chi connectivity index (χ1n) is 7.66. The molecule has 2 N–H and O–H groups in total. The predicted octanol–water partition coefficient (Wildman–Crippen LogP) is 3.33. The number of nitrogens with one attached hydrogen (secondary N) is 2. The van der Waals surface area contributed by atoms with Gasteiger partial charge in [-0.05, 0) is 67.0 Å². The summed E-state index contributed by atoms with van der Waals surface area (Å²) in [7, 11) is 0. The van der Waals surface area contributed by atoms with E-state index in [9.17, 15) is 4.79 Å². The zero-order valence-electron chi connectivity index (χ0n) is 11.6. The van der Waals surface area contributed by atoms with E-state index < -0.39 is 0 Å². The molecule has 0 bridgehead atoms. The Labute approximate surface area is 118 Å². The molecule has 2 saturated carbocycles. The van der Waals surface area contributed by atoms with Crippen molar-refractivity contribution in [1.29, 1.82) is 0 Å².